The number of anilines is 1. The third kappa shape index (κ3) is 5.60. The molecule has 9 heteroatoms. The molecule has 0 unspecified atom stereocenters. The van der Waals surface area contributed by atoms with E-state index in [4.69, 9.17) is 23.6 Å². The van der Waals surface area contributed by atoms with Crippen molar-refractivity contribution in [2.75, 3.05) is 33.1 Å². The molecular weight excluding hydrogens is 366 g/mol. The lowest BCUT2D eigenvalue weighted by Crippen LogP contribution is -2.68. The molecule has 2 aliphatic rings. The van der Waals surface area contributed by atoms with Gasteiger partial charge in [-0.1, -0.05) is 0 Å². The summed E-state index contributed by atoms with van der Waals surface area (Å²) in [6, 6.07) is 12.8. The van der Waals surface area contributed by atoms with Crippen LogP contribution in [0.2, 0.25) is 0 Å². The van der Waals surface area contributed by atoms with Crippen molar-refractivity contribution < 1.29 is 28.9 Å². The van der Waals surface area contributed by atoms with Gasteiger partial charge in [-0.15, -0.1) is 21.6 Å². The first kappa shape index (κ1) is 19.5. The lowest BCUT2D eigenvalue weighted by molar-refractivity contribution is -2.00. The Bertz CT molecular complexity index is 911. The maximum absolute atomic E-state index is 8.49. The molecule has 0 atom stereocenters. The van der Waals surface area contributed by atoms with Crippen LogP contribution in [0.15, 0.2) is 36.4 Å². The summed E-state index contributed by atoms with van der Waals surface area (Å²) in [4.78, 5) is 8.09. The predicted molar refractivity (Wildman–Crippen MR) is 87.7 cm³/mol. The summed E-state index contributed by atoms with van der Waals surface area (Å²) in [6.07, 6.45) is 0. The number of halogens is 1. The molecule has 0 bridgehead atoms. The number of rotatable bonds is 1. The number of benzene rings is 2. The van der Waals surface area contributed by atoms with Crippen molar-refractivity contribution in [1.29, 1.82) is 0 Å². The summed E-state index contributed by atoms with van der Waals surface area (Å²) in [7, 11) is 3.30. The molecule has 0 amide bonds. The average molecular weight is 384 g/mol. The Kier molecular flexibility index (Phi) is 5.94. The first-order valence-corrected chi connectivity index (χ1v) is 9.24. The van der Waals surface area contributed by atoms with Gasteiger partial charge in [0.05, 0.1) is 20.8 Å². The molecule has 25 heavy (non-hydrogen) atoms. The standard InChI is InChI=1S/C16H18N3S.ClHO4/c1-18(2)11-5-7-13-15(9-11)20-16-10-12(19(3)4)6-8-14(16)17-13;2-1(3,4)5/h5-10H,1-4H3;(H,2,3,4,5)/q+1;/p-1. The lowest BCUT2D eigenvalue weighted by atomic mass is 10.2. The van der Waals surface area contributed by atoms with Crippen LogP contribution in [0.5, 0.6) is 0 Å². The molecule has 1 aliphatic carbocycles. The van der Waals surface area contributed by atoms with Crippen LogP contribution in [0, 0.1) is 10.2 Å². The van der Waals surface area contributed by atoms with Gasteiger partial charge in [-0.2, -0.15) is 0 Å². The highest BCUT2D eigenvalue weighted by Crippen LogP contribution is 2.31. The summed E-state index contributed by atoms with van der Waals surface area (Å²) in [5, 5.41) is 1.21. The second kappa shape index (κ2) is 7.61. The fraction of sp³-hybridized carbons (Fsp3) is 0.250. The maximum atomic E-state index is 8.49. The van der Waals surface area contributed by atoms with Crippen molar-refractivity contribution in [1.82, 2.24) is 9.56 Å². The molecule has 134 valence electrons. The number of hydrogen-bond donors (Lipinski definition) is 0. The van der Waals surface area contributed by atoms with Crippen molar-refractivity contribution in [3.63, 3.8) is 0 Å². The zero-order chi connectivity index (χ0) is 18.8. The van der Waals surface area contributed by atoms with Crippen LogP contribution >= 0.6 is 11.3 Å². The number of aromatic nitrogens is 1. The van der Waals surface area contributed by atoms with E-state index in [-0.39, 0.29) is 0 Å². The van der Waals surface area contributed by atoms with Gasteiger partial charge < -0.3 is 4.90 Å². The van der Waals surface area contributed by atoms with Crippen LogP contribution in [0.4, 0.5) is 5.69 Å². The summed E-state index contributed by atoms with van der Waals surface area (Å²) in [5.74, 6) is 0. The van der Waals surface area contributed by atoms with Crippen molar-refractivity contribution in [3.05, 3.63) is 41.8 Å². The fourth-order valence-electron chi connectivity index (χ4n) is 2.16. The Balaban J connectivity index is 0.000000399. The van der Waals surface area contributed by atoms with Crippen LogP contribution in [-0.4, -0.2) is 33.2 Å². The summed E-state index contributed by atoms with van der Waals surface area (Å²) in [6.45, 7) is 0. The molecule has 0 radical (unpaired) electrons. The second-order valence-electron chi connectivity index (χ2n) is 5.68. The molecule has 1 heterocycles. The Hall–Kier alpha value is -1.81. The molecule has 1 aliphatic heterocycles. The molecule has 0 N–H and O–H groups in total. The highest BCUT2D eigenvalue weighted by Gasteiger charge is 2.09. The molecule has 0 spiro atoms. The smallest absolute Gasteiger partial charge is 0.201 e. The number of fused-ring (bicyclic) bond motifs is 2. The van der Waals surface area contributed by atoms with Crippen molar-refractivity contribution >= 4 is 27.2 Å². The average Bonchev–Trinajstić information content (AvgIpc) is 2.50. The van der Waals surface area contributed by atoms with E-state index in [9.17, 15) is 0 Å². The van der Waals surface area contributed by atoms with Crippen LogP contribution in [0.3, 0.4) is 0 Å². The van der Waals surface area contributed by atoms with Gasteiger partial charge in [-0.05, 0) is 24.3 Å². The SMILES string of the molecule is CN(C)c1ccc2nc3ccc(=[N+](C)C)cc-3sc2c1.[O-][Cl+3]([O-])([O-])[O-]. The molecule has 1 aromatic carbocycles. The molecule has 0 saturated heterocycles. The van der Waals surface area contributed by atoms with Gasteiger partial charge in [0.25, 0.3) is 0 Å². The van der Waals surface area contributed by atoms with E-state index in [2.05, 4.69) is 74.1 Å². The zero-order valence-electron chi connectivity index (χ0n) is 14.2. The summed E-state index contributed by atoms with van der Waals surface area (Å²) >= 11 is 1.80. The molecular formula is C16H18ClN3O4S. The fourth-order valence-corrected chi connectivity index (χ4v) is 3.19. The van der Waals surface area contributed by atoms with Gasteiger partial charge in [-0.3, -0.25) is 0 Å². The number of hydrogen-bond acceptors (Lipinski definition) is 7. The third-order valence-corrected chi connectivity index (χ3v) is 4.47. The van der Waals surface area contributed by atoms with Crippen molar-refractivity contribution in [2.24, 2.45) is 0 Å². The Morgan fingerprint density at radius 1 is 1.00 bits per heavy atom. The van der Waals surface area contributed by atoms with E-state index < -0.39 is 10.2 Å². The Labute approximate surface area is 151 Å². The van der Waals surface area contributed by atoms with Crippen molar-refractivity contribution in [2.45, 2.75) is 0 Å². The van der Waals surface area contributed by atoms with E-state index in [1.54, 1.807) is 11.3 Å². The topological polar surface area (TPSA) is 111 Å². The maximum Gasteiger partial charge on any atom is 0.201 e. The third-order valence-electron chi connectivity index (χ3n) is 3.38. The molecule has 0 fully saturated rings. The van der Waals surface area contributed by atoms with E-state index in [1.165, 1.54) is 20.6 Å². The highest BCUT2D eigenvalue weighted by molar-refractivity contribution is 7.21. The van der Waals surface area contributed by atoms with E-state index in [1.807, 2.05) is 0 Å². The quantitative estimate of drug-likeness (QED) is 0.346. The summed E-state index contributed by atoms with van der Waals surface area (Å²) < 4.78 is 37.3. The lowest BCUT2D eigenvalue weighted by Gasteiger charge is -2.17. The second-order valence-corrected chi connectivity index (χ2v) is 7.52. The zero-order valence-corrected chi connectivity index (χ0v) is 15.8. The van der Waals surface area contributed by atoms with Crippen LogP contribution < -0.4 is 33.5 Å². The summed E-state index contributed by atoms with van der Waals surface area (Å²) in [5.41, 5.74) is 3.33. The first-order valence-electron chi connectivity index (χ1n) is 7.18. The van der Waals surface area contributed by atoms with Gasteiger partial charge in [0.15, 0.2) is 0 Å². The van der Waals surface area contributed by atoms with Gasteiger partial charge in [0.2, 0.25) is 5.36 Å². The molecule has 1 aromatic rings. The minimum absolute atomic E-state index is 1.06. The molecule has 7 nitrogen and oxygen atoms in total. The van der Waals surface area contributed by atoms with E-state index in [0.717, 1.165) is 11.2 Å². The molecule has 3 rings (SSSR count). The van der Waals surface area contributed by atoms with Crippen LogP contribution in [-0.2, 0) is 0 Å². The predicted octanol–water partition coefficient (Wildman–Crippen LogP) is -2.26. The monoisotopic (exact) mass is 383 g/mol. The normalized spacial score (nSPS) is 11.2. The first-order chi connectivity index (χ1) is 11.5. The van der Waals surface area contributed by atoms with Gasteiger partial charge in [-0.25, -0.2) is 28.2 Å². The molecule has 0 saturated carbocycles. The van der Waals surface area contributed by atoms with Gasteiger partial charge >= 0.3 is 0 Å². The largest absolute Gasteiger partial charge is 0.378 e. The van der Waals surface area contributed by atoms with Crippen LogP contribution in [0.1, 0.15) is 0 Å². The minimum atomic E-state index is -4.94. The molecule has 0 aromatic heterocycles. The van der Waals surface area contributed by atoms with Crippen molar-refractivity contribution in [3.8, 4) is 10.6 Å². The Morgan fingerprint density at radius 2 is 1.64 bits per heavy atom. The van der Waals surface area contributed by atoms with Gasteiger partial charge in [0.1, 0.15) is 14.1 Å². The minimum Gasteiger partial charge on any atom is -0.378 e. The van der Waals surface area contributed by atoms with Crippen LogP contribution in [0.25, 0.3) is 20.8 Å². The van der Waals surface area contributed by atoms with Gasteiger partial charge in [0, 0.05) is 31.9 Å². The number of nitrogens with zero attached hydrogens (tertiary/aromatic N) is 3. The van der Waals surface area contributed by atoms with E-state index in [0.29, 0.717) is 0 Å². The highest BCUT2D eigenvalue weighted by atomic mass is 35.7. The Morgan fingerprint density at radius 3 is 2.20 bits per heavy atom. The van der Waals surface area contributed by atoms with E-state index >= 15 is 0 Å².